The van der Waals surface area contributed by atoms with Gasteiger partial charge in [0.05, 0.1) is 24.7 Å². The monoisotopic (exact) mass is 569 g/mol. The zero-order valence-corrected chi connectivity index (χ0v) is 22.1. The predicted molar refractivity (Wildman–Crippen MR) is 127 cm³/mol. The lowest BCUT2D eigenvalue weighted by atomic mass is 10.1. The third kappa shape index (κ3) is 11.1. The topological polar surface area (TPSA) is 120 Å². The number of piperazine rings is 1. The lowest BCUT2D eigenvalue weighted by Crippen LogP contribution is -2.57. The van der Waals surface area contributed by atoms with Crippen LogP contribution in [0.5, 0.6) is 0 Å². The Morgan fingerprint density at radius 2 is 1.69 bits per heavy atom. The summed E-state index contributed by atoms with van der Waals surface area (Å²) in [6.45, 7) is 9.58. The van der Waals surface area contributed by atoms with Crippen molar-refractivity contribution in [3.8, 4) is 0 Å². The van der Waals surface area contributed by atoms with Crippen LogP contribution in [0, 0.1) is 0 Å². The number of aliphatic imine (C=N–C) groups is 1. The minimum atomic E-state index is -3.35. The molecule has 1 saturated heterocycles. The average Bonchev–Trinajstić information content (AvgIpc) is 2.53. The maximum Gasteiger partial charge on any atom is 0.216 e. The summed E-state index contributed by atoms with van der Waals surface area (Å²) >= 11 is 0. The Bertz CT molecular complexity index is 733. The van der Waals surface area contributed by atoms with Crippen molar-refractivity contribution in [1.29, 1.82) is 0 Å². The highest BCUT2D eigenvalue weighted by Gasteiger charge is 2.29. The van der Waals surface area contributed by atoms with E-state index in [0.717, 1.165) is 6.26 Å². The molecule has 13 heteroatoms. The van der Waals surface area contributed by atoms with Crippen LogP contribution in [-0.4, -0.2) is 102 Å². The van der Waals surface area contributed by atoms with Crippen LogP contribution in [-0.2, 0) is 24.8 Å². The fourth-order valence-electron chi connectivity index (χ4n) is 2.87. The van der Waals surface area contributed by atoms with Crippen LogP contribution < -0.4 is 10.0 Å². The molecule has 1 aliphatic rings. The second-order valence-electron chi connectivity index (χ2n) is 7.78. The van der Waals surface area contributed by atoms with Crippen molar-refractivity contribution in [2.24, 2.45) is 4.99 Å². The molecule has 1 aliphatic heterocycles. The summed E-state index contributed by atoms with van der Waals surface area (Å²) in [5, 5.41) is 3.16. The van der Waals surface area contributed by atoms with Crippen molar-refractivity contribution in [2.45, 2.75) is 39.3 Å². The van der Waals surface area contributed by atoms with Crippen LogP contribution in [0.2, 0.25) is 0 Å². The van der Waals surface area contributed by atoms with E-state index in [4.69, 9.17) is 4.74 Å². The first-order chi connectivity index (χ1) is 12.8. The largest absolute Gasteiger partial charge is 0.378 e. The first-order valence-corrected chi connectivity index (χ1v) is 12.8. The van der Waals surface area contributed by atoms with E-state index in [1.165, 1.54) is 4.31 Å². The van der Waals surface area contributed by atoms with Crippen molar-refractivity contribution < 1.29 is 21.6 Å². The molecule has 174 valence electrons. The van der Waals surface area contributed by atoms with Crippen molar-refractivity contribution in [1.82, 2.24) is 19.2 Å². The van der Waals surface area contributed by atoms with E-state index in [1.54, 1.807) is 20.9 Å². The Hall–Kier alpha value is -0.220. The first-order valence-electron chi connectivity index (χ1n) is 9.30. The van der Waals surface area contributed by atoms with E-state index in [2.05, 4.69) is 15.0 Å². The summed E-state index contributed by atoms with van der Waals surface area (Å²) in [5.41, 5.74) is -0.689. The molecule has 0 unspecified atom stereocenters. The van der Waals surface area contributed by atoms with Crippen LogP contribution in [0.4, 0.5) is 0 Å². The molecule has 0 aromatic carbocycles. The van der Waals surface area contributed by atoms with Gasteiger partial charge in [0.25, 0.3) is 0 Å². The smallest absolute Gasteiger partial charge is 0.216 e. The summed E-state index contributed by atoms with van der Waals surface area (Å²) in [5.74, 6) is 0.590. The molecule has 0 aromatic heterocycles. The molecule has 0 bridgehead atoms. The van der Waals surface area contributed by atoms with Gasteiger partial charge in [-0.05, 0) is 27.7 Å². The molecule has 0 atom stereocenters. The van der Waals surface area contributed by atoms with Gasteiger partial charge in [-0.1, -0.05) is 0 Å². The maximum atomic E-state index is 12.4. The second-order valence-corrected chi connectivity index (χ2v) is 11.6. The number of nitrogens with zero attached hydrogens (tertiary/aromatic N) is 3. The molecule has 1 rings (SSSR count). The molecule has 0 spiro atoms. The van der Waals surface area contributed by atoms with Crippen LogP contribution in [0.3, 0.4) is 0 Å². The van der Waals surface area contributed by atoms with E-state index >= 15 is 0 Å². The molecule has 0 radical (unpaired) electrons. The molecule has 1 fully saturated rings. The summed E-state index contributed by atoms with van der Waals surface area (Å²) in [6, 6.07) is 0. The normalized spacial score (nSPS) is 17.3. The molecular formula is C16H36IN5O5S2. The Morgan fingerprint density at radius 1 is 1.14 bits per heavy atom. The maximum absolute atomic E-state index is 12.4. The third-order valence-electron chi connectivity index (χ3n) is 4.09. The number of rotatable bonds is 9. The number of nitrogens with one attached hydrogen (secondary N) is 2. The Balaban J connectivity index is 0.00000784. The van der Waals surface area contributed by atoms with Crippen molar-refractivity contribution in [3.05, 3.63) is 0 Å². The summed E-state index contributed by atoms with van der Waals surface area (Å²) in [4.78, 5) is 6.20. The van der Waals surface area contributed by atoms with E-state index in [1.807, 2.05) is 18.7 Å². The van der Waals surface area contributed by atoms with Crippen molar-refractivity contribution >= 4 is 50.0 Å². The summed E-state index contributed by atoms with van der Waals surface area (Å²) < 4.78 is 57.1. The van der Waals surface area contributed by atoms with E-state index in [0.29, 0.717) is 38.7 Å². The fourth-order valence-corrected chi connectivity index (χ4v) is 5.23. The number of guanidine groups is 1. The minimum Gasteiger partial charge on any atom is -0.378 e. The fraction of sp³-hybridized carbons (Fsp3) is 0.938. The number of hydrogen-bond acceptors (Lipinski definition) is 6. The highest BCUT2D eigenvalue weighted by molar-refractivity contribution is 14.0. The molecular weight excluding hydrogens is 533 g/mol. The van der Waals surface area contributed by atoms with Gasteiger partial charge in [0, 0.05) is 45.3 Å². The van der Waals surface area contributed by atoms with Gasteiger partial charge < -0.3 is 15.0 Å². The minimum absolute atomic E-state index is 0. The Morgan fingerprint density at radius 3 is 2.14 bits per heavy atom. The average molecular weight is 570 g/mol. The van der Waals surface area contributed by atoms with Gasteiger partial charge in [0.2, 0.25) is 20.0 Å². The number of ether oxygens (including phenoxy) is 1. The Kier molecular flexibility index (Phi) is 11.9. The predicted octanol–water partition coefficient (Wildman–Crippen LogP) is -0.120. The lowest BCUT2D eigenvalue weighted by molar-refractivity contribution is 0.0904. The zero-order valence-electron chi connectivity index (χ0n) is 18.1. The molecule has 0 aliphatic carbocycles. The van der Waals surface area contributed by atoms with Crippen LogP contribution in [0.15, 0.2) is 4.99 Å². The van der Waals surface area contributed by atoms with Crippen molar-refractivity contribution in [2.75, 3.05) is 58.4 Å². The summed E-state index contributed by atoms with van der Waals surface area (Å²) in [7, 11) is -5.03. The van der Waals surface area contributed by atoms with Gasteiger partial charge in [-0.3, -0.25) is 4.99 Å². The highest BCUT2D eigenvalue weighted by atomic mass is 127. The van der Waals surface area contributed by atoms with E-state index in [-0.39, 0.29) is 42.4 Å². The zero-order chi connectivity index (χ0) is 21.6. The molecule has 10 nitrogen and oxygen atoms in total. The number of hydrogen-bond donors (Lipinski definition) is 2. The van der Waals surface area contributed by atoms with Crippen LogP contribution in [0.1, 0.15) is 27.7 Å². The van der Waals surface area contributed by atoms with Crippen molar-refractivity contribution in [3.63, 3.8) is 0 Å². The van der Waals surface area contributed by atoms with Gasteiger partial charge in [0.15, 0.2) is 5.96 Å². The molecule has 0 saturated carbocycles. The van der Waals surface area contributed by atoms with Gasteiger partial charge in [-0.2, -0.15) is 4.31 Å². The standard InChI is InChI=1S/C16H35N5O5S2.HI/c1-14(2)26-11-12-28(24,25)21-9-7-20(8-10-21)15(17-5)18-13-16(3,4)19-27(6,22)23;/h14,19H,7-13H2,1-6H3,(H,17,18);1H. The Labute approximate surface area is 193 Å². The molecule has 1 heterocycles. The first kappa shape index (κ1) is 28.8. The quantitative estimate of drug-likeness (QED) is 0.226. The second kappa shape index (κ2) is 12.0. The highest BCUT2D eigenvalue weighted by Crippen LogP contribution is 2.10. The van der Waals surface area contributed by atoms with Gasteiger partial charge >= 0.3 is 0 Å². The molecule has 0 amide bonds. The number of sulfonamides is 2. The van der Waals surface area contributed by atoms with Crippen LogP contribution in [0.25, 0.3) is 0 Å². The molecule has 29 heavy (non-hydrogen) atoms. The van der Waals surface area contributed by atoms with E-state index in [9.17, 15) is 16.8 Å². The lowest BCUT2D eigenvalue weighted by Gasteiger charge is -2.37. The van der Waals surface area contributed by atoms with Crippen LogP contribution >= 0.6 is 24.0 Å². The molecule has 2 N–H and O–H groups in total. The van der Waals surface area contributed by atoms with Gasteiger partial charge in [-0.15, -0.1) is 24.0 Å². The summed E-state index contributed by atoms with van der Waals surface area (Å²) in [6.07, 6.45) is 1.12. The third-order valence-corrected chi connectivity index (χ3v) is 6.84. The van der Waals surface area contributed by atoms with Gasteiger partial charge in [-0.25, -0.2) is 21.6 Å². The molecule has 0 aromatic rings. The van der Waals surface area contributed by atoms with E-state index < -0.39 is 25.6 Å². The number of halogens is 1. The van der Waals surface area contributed by atoms with Gasteiger partial charge in [0.1, 0.15) is 0 Å². The SMILES string of the molecule is CN=C(NCC(C)(C)NS(C)(=O)=O)N1CCN(S(=O)(=O)CCOC(C)C)CC1.I.